The highest BCUT2D eigenvalue weighted by Crippen LogP contribution is 2.41. The van der Waals surface area contributed by atoms with Gasteiger partial charge in [-0.05, 0) is 18.8 Å². The van der Waals surface area contributed by atoms with Crippen LogP contribution in [0.5, 0.6) is 0 Å². The van der Waals surface area contributed by atoms with Gasteiger partial charge < -0.3 is 5.32 Å². The number of nitrogens with one attached hydrogen (secondary N) is 1. The maximum atomic E-state index is 13.1. The molecule has 0 unspecified atom stereocenters. The smallest absolute Gasteiger partial charge is 0.324 e. The van der Waals surface area contributed by atoms with Gasteiger partial charge in [-0.1, -0.05) is 24.4 Å². The van der Waals surface area contributed by atoms with Crippen molar-refractivity contribution in [2.24, 2.45) is 5.92 Å². The van der Waals surface area contributed by atoms with Crippen molar-refractivity contribution in [3.63, 3.8) is 0 Å². The average Bonchev–Trinajstić information content (AvgIpc) is 2.91. The molecule has 1 fully saturated rings. The monoisotopic (exact) mass is 350 g/mol. The summed E-state index contributed by atoms with van der Waals surface area (Å²) in [5, 5.41) is 12.3. The molecule has 1 saturated carbocycles. The Morgan fingerprint density at radius 1 is 1.35 bits per heavy atom. The number of nitro groups is 1. The van der Waals surface area contributed by atoms with Crippen molar-refractivity contribution >= 4 is 28.9 Å². The molecular weight excluding hydrogens is 337 g/mol. The number of alkyl halides is 3. The zero-order chi connectivity index (χ0) is 17.2. The summed E-state index contributed by atoms with van der Waals surface area (Å²) in [7, 11) is 0. The SMILES string of the molecule is O=C(CC1CCCC1)Nc1c(Cl)cc([N+](=O)[O-])cc1C(F)(F)F. The minimum atomic E-state index is -4.87. The van der Waals surface area contributed by atoms with Gasteiger partial charge in [0.05, 0.1) is 21.2 Å². The first-order chi connectivity index (χ1) is 10.7. The van der Waals surface area contributed by atoms with Crippen molar-refractivity contribution in [3.8, 4) is 0 Å². The topological polar surface area (TPSA) is 72.2 Å². The quantitative estimate of drug-likeness (QED) is 0.627. The summed E-state index contributed by atoms with van der Waals surface area (Å²) in [5.41, 5.74) is -2.74. The number of hydrogen-bond donors (Lipinski definition) is 1. The lowest BCUT2D eigenvalue weighted by molar-refractivity contribution is -0.385. The first-order valence-electron chi connectivity index (χ1n) is 7.03. The minimum absolute atomic E-state index is 0.116. The maximum absolute atomic E-state index is 13.1. The predicted molar refractivity (Wildman–Crippen MR) is 78.3 cm³/mol. The molecule has 1 aliphatic rings. The van der Waals surface area contributed by atoms with Gasteiger partial charge in [-0.15, -0.1) is 0 Å². The van der Waals surface area contributed by atoms with Gasteiger partial charge in [0.1, 0.15) is 0 Å². The molecule has 1 amide bonds. The van der Waals surface area contributed by atoms with Crippen LogP contribution in [0.25, 0.3) is 0 Å². The Labute approximate surface area is 135 Å². The normalized spacial score (nSPS) is 15.7. The molecule has 0 saturated heterocycles. The number of hydrogen-bond acceptors (Lipinski definition) is 3. The lowest BCUT2D eigenvalue weighted by Crippen LogP contribution is -2.19. The van der Waals surface area contributed by atoms with E-state index in [1.807, 2.05) is 0 Å². The summed E-state index contributed by atoms with van der Waals surface area (Å²) in [6.45, 7) is 0. The van der Waals surface area contributed by atoms with Gasteiger partial charge in [0.15, 0.2) is 0 Å². The summed E-state index contributed by atoms with van der Waals surface area (Å²) < 4.78 is 39.3. The molecule has 0 heterocycles. The number of non-ortho nitro benzene ring substituents is 1. The number of carbonyl (C=O) groups excluding carboxylic acids is 1. The first-order valence-corrected chi connectivity index (χ1v) is 7.41. The predicted octanol–water partition coefficient (Wildman–Crippen LogP) is 4.79. The van der Waals surface area contributed by atoms with Crippen molar-refractivity contribution < 1.29 is 22.9 Å². The number of benzene rings is 1. The van der Waals surface area contributed by atoms with Crippen molar-refractivity contribution in [1.29, 1.82) is 0 Å². The second-order valence-electron chi connectivity index (χ2n) is 5.51. The molecular formula is C14H14ClF3N2O3. The van der Waals surface area contributed by atoms with E-state index in [1.165, 1.54) is 0 Å². The van der Waals surface area contributed by atoms with Crippen molar-refractivity contribution in [3.05, 3.63) is 32.8 Å². The van der Waals surface area contributed by atoms with Gasteiger partial charge in [-0.2, -0.15) is 13.2 Å². The van der Waals surface area contributed by atoms with Crippen LogP contribution in [0.15, 0.2) is 12.1 Å². The summed E-state index contributed by atoms with van der Waals surface area (Å²) in [6.07, 6.45) is -1.01. The second-order valence-corrected chi connectivity index (χ2v) is 5.92. The molecule has 1 aromatic carbocycles. The first kappa shape index (κ1) is 17.5. The van der Waals surface area contributed by atoms with E-state index in [2.05, 4.69) is 5.32 Å². The van der Waals surface area contributed by atoms with Gasteiger partial charge in [-0.3, -0.25) is 14.9 Å². The highest BCUT2D eigenvalue weighted by molar-refractivity contribution is 6.34. The van der Waals surface area contributed by atoms with Crippen LogP contribution in [0.2, 0.25) is 5.02 Å². The number of amides is 1. The van der Waals surface area contributed by atoms with Crippen LogP contribution in [0.3, 0.4) is 0 Å². The third kappa shape index (κ3) is 4.34. The fourth-order valence-corrected chi connectivity index (χ4v) is 2.98. The Morgan fingerprint density at radius 2 is 1.96 bits per heavy atom. The standard InChI is InChI=1S/C14H14ClF3N2O3/c15-11-7-9(20(22)23)6-10(14(16,17)18)13(11)19-12(21)5-8-3-1-2-4-8/h6-8H,1-5H2,(H,19,21). The van der Waals surface area contributed by atoms with Gasteiger partial charge in [0, 0.05) is 18.6 Å². The number of rotatable bonds is 4. The van der Waals surface area contributed by atoms with Crippen LogP contribution < -0.4 is 5.32 Å². The van der Waals surface area contributed by atoms with E-state index in [4.69, 9.17) is 11.6 Å². The largest absolute Gasteiger partial charge is 0.418 e. The molecule has 9 heteroatoms. The molecule has 5 nitrogen and oxygen atoms in total. The molecule has 23 heavy (non-hydrogen) atoms. The van der Waals surface area contributed by atoms with Gasteiger partial charge in [0.25, 0.3) is 5.69 Å². The molecule has 0 spiro atoms. The number of nitrogens with zero attached hydrogens (tertiary/aromatic N) is 1. The number of anilines is 1. The molecule has 1 N–H and O–H groups in total. The molecule has 2 rings (SSSR count). The van der Waals surface area contributed by atoms with Crippen LogP contribution in [0.1, 0.15) is 37.7 Å². The van der Waals surface area contributed by atoms with Gasteiger partial charge >= 0.3 is 6.18 Å². The van der Waals surface area contributed by atoms with Gasteiger partial charge in [-0.25, -0.2) is 0 Å². The average molecular weight is 351 g/mol. The van der Waals surface area contributed by atoms with Crippen LogP contribution in [-0.2, 0) is 11.0 Å². The molecule has 0 radical (unpaired) electrons. The maximum Gasteiger partial charge on any atom is 0.418 e. The Kier molecular flexibility index (Phi) is 5.13. The van der Waals surface area contributed by atoms with E-state index in [9.17, 15) is 28.1 Å². The van der Waals surface area contributed by atoms with Crippen LogP contribution in [0, 0.1) is 16.0 Å². The summed E-state index contributed by atoms with van der Waals surface area (Å²) in [5.74, 6) is -0.417. The molecule has 1 aromatic rings. The van der Waals surface area contributed by atoms with Crippen molar-refractivity contribution in [2.75, 3.05) is 5.32 Å². The molecule has 0 aromatic heterocycles. The van der Waals surface area contributed by atoms with E-state index in [0.717, 1.165) is 31.7 Å². The van der Waals surface area contributed by atoms with Crippen LogP contribution in [-0.4, -0.2) is 10.8 Å². The summed E-state index contributed by atoms with van der Waals surface area (Å²) in [4.78, 5) is 21.7. The third-order valence-electron chi connectivity index (χ3n) is 3.80. The van der Waals surface area contributed by atoms with E-state index in [-0.39, 0.29) is 12.3 Å². The van der Waals surface area contributed by atoms with E-state index >= 15 is 0 Å². The Balaban J connectivity index is 2.29. The fourth-order valence-electron chi connectivity index (χ4n) is 2.72. The van der Waals surface area contributed by atoms with E-state index in [0.29, 0.717) is 6.07 Å². The lowest BCUT2D eigenvalue weighted by atomic mass is 10.0. The molecule has 126 valence electrons. The second kappa shape index (κ2) is 6.74. The molecule has 0 aliphatic heterocycles. The Morgan fingerprint density at radius 3 is 2.48 bits per heavy atom. The highest BCUT2D eigenvalue weighted by Gasteiger charge is 2.37. The van der Waals surface area contributed by atoms with Crippen molar-refractivity contribution in [1.82, 2.24) is 0 Å². The highest BCUT2D eigenvalue weighted by atomic mass is 35.5. The fraction of sp³-hybridized carbons (Fsp3) is 0.500. The van der Waals surface area contributed by atoms with Crippen LogP contribution >= 0.6 is 11.6 Å². The number of nitro benzene ring substituents is 1. The Hall–Kier alpha value is -1.83. The van der Waals surface area contributed by atoms with E-state index in [1.54, 1.807) is 0 Å². The zero-order valence-corrected chi connectivity index (χ0v) is 12.7. The lowest BCUT2D eigenvalue weighted by Gasteiger charge is -2.16. The molecule has 1 aliphatic carbocycles. The minimum Gasteiger partial charge on any atom is -0.324 e. The third-order valence-corrected chi connectivity index (χ3v) is 4.10. The Bertz CT molecular complexity index is 628. The van der Waals surface area contributed by atoms with E-state index < -0.39 is 39.0 Å². The zero-order valence-electron chi connectivity index (χ0n) is 12.0. The molecule has 0 bridgehead atoms. The van der Waals surface area contributed by atoms with Crippen LogP contribution in [0.4, 0.5) is 24.5 Å². The molecule has 0 atom stereocenters. The van der Waals surface area contributed by atoms with Crippen molar-refractivity contribution in [2.45, 2.75) is 38.3 Å². The summed E-state index contributed by atoms with van der Waals surface area (Å²) in [6, 6.07) is 1.17. The number of carbonyl (C=O) groups is 1. The van der Waals surface area contributed by atoms with Gasteiger partial charge in [0.2, 0.25) is 5.91 Å². The number of halogens is 4. The summed E-state index contributed by atoms with van der Waals surface area (Å²) >= 11 is 5.73.